The topological polar surface area (TPSA) is 253 Å². The Morgan fingerprint density at radius 1 is 0.654 bits per heavy atom. The molecule has 10 heterocycles. The Kier molecular flexibility index (Phi) is 21.3. The molecule has 24 nitrogen and oxygen atoms in total. The number of nitrogens with one attached hydrogen (secondary N) is 2. The summed E-state index contributed by atoms with van der Waals surface area (Å²) in [6.45, 7) is 14.2. The van der Waals surface area contributed by atoms with E-state index in [4.69, 9.17) is 45.5 Å². The molecule has 4 fully saturated rings. The van der Waals surface area contributed by atoms with Crippen molar-refractivity contribution in [3.8, 4) is 0 Å². The van der Waals surface area contributed by atoms with Crippen molar-refractivity contribution in [1.82, 2.24) is 59.0 Å². The van der Waals surface area contributed by atoms with Gasteiger partial charge in [0.15, 0.2) is 0 Å². The van der Waals surface area contributed by atoms with Gasteiger partial charge in [0.25, 0.3) is 0 Å². The second-order valence-corrected chi connectivity index (χ2v) is 29.9. The fraction of sp³-hybridized carbons (Fsp3) is 0.506. The largest absolute Gasteiger partial charge is 0.452 e. The zero-order valence-corrected chi connectivity index (χ0v) is 61.8. The van der Waals surface area contributed by atoms with Crippen molar-refractivity contribution < 1.29 is 42.9 Å². The first kappa shape index (κ1) is 71.7. The van der Waals surface area contributed by atoms with Crippen LogP contribution in [0.4, 0.5) is 31.4 Å². The molecule has 1 spiro atoms. The number of ether oxygens (including phenoxy) is 4. The van der Waals surface area contributed by atoms with Gasteiger partial charge >= 0.3 is 18.3 Å². The highest BCUT2D eigenvalue weighted by Crippen LogP contribution is 2.54. The lowest BCUT2D eigenvalue weighted by Crippen LogP contribution is -2.42. The number of hydrogen-bond donors (Lipinski definition) is 2. The number of hydrogen-bond acceptors (Lipinski definition) is 16. The second kappa shape index (κ2) is 30.8. The van der Waals surface area contributed by atoms with Crippen LogP contribution in [0, 0.1) is 18.3 Å². The molecule has 4 aromatic carbocycles. The number of nitrogens with zero attached hydrogens (tertiary/aromatic N) is 13. The quantitative estimate of drug-likeness (QED) is 0.102. The Hall–Kier alpha value is -9.26. The first-order valence-corrected chi connectivity index (χ1v) is 37.5. The number of Topliss-reactive ketones (excluding diaryl/α,β-unsaturated/α-hetero) is 1. The first-order chi connectivity index (χ1) is 50.4. The third-order valence-corrected chi connectivity index (χ3v) is 23.2. The first-order valence-electron chi connectivity index (χ1n) is 37.2. The van der Waals surface area contributed by atoms with Gasteiger partial charge in [0.05, 0.1) is 89.1 Å². The minimum absolute atomic E-state index is 0.0286. The van der Waals surface area contributed by atoms with Crippen LogP contribution in [0.1, 0.15) is 168 Å². The number of aryl methyl sites for hydroxylation is 6. The number of methoxy groups -OCH3 is 3. The van der Waals surface area contributed by atoms with Gasteiger partial charge in [-0.05, 0) is 184 Å². The number of carbonyl (C=O) groups is 5. The molecule has 2 N–H and O–H groups in total. The van der Waals surface area contributed by atoms with Gasteiger partial charge in [-0.15, -0.1) is 0 Å². The summed E-state index contributed by atoms with van der Waals surface area (Å²) in [4.78, 5) is 92.6. The predicted octanol–water partition coefficient (Wildman–Crippen LogP) is 13.1. The van der Waals surface area contributed by atoms with Crippen LogP contribution < -0.4 is 25.3 Å². The van der Waals surface area contributed by atoms with E-state index < -0.39 is 0 Å². The number of ketones is 1. The average molecular weight is 1440 g/mol. The highest BCUT2D eigenvalue weighted by molar-refractivity contribution is 6.29. The van der Waals surface area contributed by atoms with Gasteiger partial charge in [-0.3, -0.25) is 34.0 Å². The molecule has 5 atom stereocenters. The van der Waals surface area contributed by atoms with Crippen LogP contribution in [0.15, 0.2) is 91.4 Å². The minimum Gasteiger partial charge on any atom is -0.452 e. The van der Waals surface area contributed by atoms with Gasteiger partial charge in [-0.25, -0.2) is 34.3 Å². The van der Waals surface area contributed by atoms with Crippen molar-refractivity contribution in [3.63, 3.8) is 0 Å². The van der Waals surface area contributed by atoms with Crippen molar-refractivity contribution in [2.24, 2.45) is 11.3 Å². The molecule has 2 saturated carbocycles. The molecule has 0 unspecified atom stereocenters. The molecule has 2 saturated heterocycles. The van der Waals surface area contributed by atoms with Crippen molar-refractivity contribution in [2.45, 2.75) is 200 Å². The van der Waals surface area contributed by atoms with E-state index in [1.807, 2.05) is 60.5 Å². The number of anilines is 3. The SMILES string of the molecule is COC(=O)N1c2ccc3c(nc(CCn4cccn4)n3CC(=O)NC3CCOCC3)c2CC[C@@H]1C.COC(=O)N1c2ccc3c(nc(Cc4ccccc4)n3C3CC4(CCNC4)C3)c2CC[C@@H]1C.COC(=O)N1c2ccc3c(nc(Cc4cnc(Cl)c(C)n4)n3[C@@H]3CCC[C@@H](C(C)=O)C3)c2CC[C@@H]1C. The van der Waals surface area contributed by atoms with Crippen molar-refractivity contribution in [1.29, 1.82) is 0 Å². The molecule has 5 aromatic heterocycles. The number of benzene rings is 4. The highest BCUT2D eigenvalue weighted by Gasteiger charge is 2.48. The Balaban J connectivity index is 0.000000132. The number of aromatic nitrogens is 10. The summed E-state index contributed by atoms with van der Waals surface area (Å²) in [6.07, 6.45) is 20.6. The van der Waals surface area contributed by atoms with E-state index in [1.165, 1.54) is 57.2 Å². The van der Waals surface area contributed by atoms with E-state index in [0.717, 1.165) is 175 Å². The maximum absolute atomic E-state index is 13.0. The molecule has 0 radical (unpaired) electrons. The number of rotatable bonds is 13. The van der Waals surface area contributed by atoms with Crippen molar-refractivity contribution >= 4 is 91.7 Å². The lowest BCUT2D eigenvalue weighted by atomic mass is 9.65. The van der Waals surface area contributed by atoms with Gasteiger partial charge in [-0.2, -0.15) is 5.10 Å². The summed E-state index contributed by atoms with van der Waals surface area (Å²) in [7, 11) is 4.28. The standard InChI is InChI=1S/C27H32ClN5O3.C27H32N4O2.C25H32N6O4/c1-15-8-9-21-22(32(15)27(35)36-4)10-11-23-25(21)31-24(13-19-14-29-26(28)16(2)30-19)33(23)20-7-5-6-18(12-20)17(3)34;1-18-8-9-21-22(30(18)26(32)33-2)10-11-23-25(21)29-24(14-19-6-4-3-5-7-19)31(23)20-15-27(16-20)12-13-28-17-27;1-17-4-5-19-20(31(17)25(33)34-2)6-7-21-24(19)28-22(8-13-29-12-3-11-26-29)30(21)16-23(32)27-18-9-14-35-15-10-18/h10-11,14-15,18,20H,5-9,12-13H2,1-4H3;3-7,10-11,18,20,28H,8-9,12-17H2,1-2H3;3,6-7,11-12,17-18H,4-5,8-10,13-16H2,1-2H3,(H,27,32)/t15-,18+,20+;18-,20?,27?;17-/m000/s1. The number of imidazole rings is 3. The van der Waals surface area contributed by atoms with Gasteiger partial charge in [-0.1, -0.05) is 48.4 Å². The van der Waals surface area contributed by atoms with Gasteiger partial charge in [0.1, 0.15) is 35.0 Å². The third-order valence-electron chi connectivity index (χ3n) is 22.9. The maximum atomic E-state index is 13.0. The monoisotopic (exact) mass is 1430 g/mol. The second-order valence-electron chi connectivity index (χ2n) is 29.6. The summed E-state index contributed by atoms with van der Waals surface area (Å²) >= 11 is 6.12. The van der Waals surface area contributed by atoms with E-state index in [1.54, 1.807) is 34.0 Å². The predicted molar refractivity (Wildman–Crippen MR) is 399 cm³/mol. The third kappa shape index (κ3) is 14.4. The molecule has 2 aliphatic carbocycles. The van der Waals surface area contributed by atoms with Gasteiger partial charge in [0.2, 0.25) is 5.91 Å². The number of fused-ring (bicyclic) bond motifs is 9. The molecular weight excluding hydrogens is 1340 g/mol. The van der Waals surface area contributed by atoms with Crippen LogP contribution in [-0.4, -0.2) is 150 Å². The summed E-state index contributed by atoms with van der Waals surface area (Å²) < 4.78 is 29.4. The van der Waals surface area contributed by atoms with E-state index in [2.05, 4.69) is 90.3 Å². The number of carbonyl (C=O) groups excluding carboxylic acids is 5. The Morgan fingerprint density at radius 3 is 1.75 bits per heavy atom. The molecule has 25 heteroatoms. The van der Waals surface area contributed by atoms with E-state index in [9.17, 15) is 24.0 Å². The van der Waals surface area contributed by atoms with Crippen LogP contribution >= 0.6 is 11.6 Å². The molecule has 7 aliphatic rings. The molecule has 9 aromatic rings. The fourth-order valence-electron chi connectivity index (χ4n) is 17.4. The molecule has 16 rings (SSSR count). The van der Waals surface area contributed by atoms with Crippen LogP contribution in [0.3, 0.4) is 0 Å². The molecule has 548 valence electrons. The average Bonchev–Trinajstić information content (AvgIpc) is 1.56. The fourth-order valence-corrected chi connectivity index (χ4v) is 17.5. The summed E-state index contributed by atoms with van der Waals surface area (Å²) in [5.41, 5.74) is 15.1. The molecule has 5 aliphatic heterocycles. The Morgan fingerprint density at radius 2 is 1.21 bits per heavy atom. The van der Waals surface area contributed by atoms with Crippen LogP contribution in [-0.2, 0) is 80.2 Å². The van der Waals surface area contributed by atoms with Crippen LogP contribution in [0.25, 0.3) is 33.1 Å². The van der Waals surface area contributed by atoms with Gasteiger partial charge in [0, 0.05) is 117 Å². The van der Waals surface area contributed by atoms with Crippen molar-refractivity contribution in [2.75, 3.05) is 62.3 Å². The normalized spacial score (nSPS) is 22.2. The van der Waals surface area contributed by atoms with E-state index in [-0.39, 0.29) is 72.6 Å². The molecule has 104 heavy (non-hydrogen) atoms. The smallest absolute Gasteiger partial charge is 0.414 e. The zero-order chi connectivity index (χ0) is 72.5. The lowest BCUT2D eigenvalue weighted by molar-refractivity contribution is -0.123. The van der Waals surface area contributed by atoms with Crippen LogP contribution in [0.2, 0.25) is 5.15 Å². The van der Waals surface area contributed by atoms with E-state index >= 15 is 0 Å². The molecular formula is C79H96ClN15O9. The highest BCUT2D eigenvalue weighted by atomic mass is 35.5. The van der Waals surface area contributed by atoms with Crippen molar-refractivity contribution in [3.05, 3.63) is 148 Å². The van der Waals surface area contributed by atoms with Crippen LogP contribution in [0.5, 0.6) is 0 Å². The lowest BCUT2D eigenvalue weighted by Gasteiger charge is -2.46. The number of amides is 4. The summed E-state index contributed by atoms with van der Waals surface area (Å²) in [6, 6.07) is 25.8. The molecule has 0 bridgehead atoms. The van der Waals surface area contributed by atoms with E-state index in [0.29, 0.717) is 54.9 Å². The summed E-state index contributed by atoms with van der Waals surface area (Å²) in [5.74, 6) is 3.16. The number of halogens is 1. The Bertz CT molecular complexity index is 4650. The summed E-state index contributed by atoms with van der Waals surface area (Å²) in [5, 5.41) is 11.4. The minimum atomic E-state index is -0.369. The molecule has 4 amide bonds. The maximum Gasteiger partial charge on any atom is 0.414 e. The zero-order valence-electron chi connectivity index (χ0n) is 61.0. The van der Waals surface area contributed by atoms with Gasteiger partial charge < -0.3 is 43.3 Å². The Labute approximate surface area is 611 Å².